The highest BCUT2D eigenvalue weighted by atomic mass is 16.4. The molecule has 4 amide bonds. The van der Waals surface area contributed by atoms with Gasteiger partial charge in [-0.3, -0.25) is 19.2 Å². The van der Waals surface area contributed by atoms with E-state index < -0.39 is 54.1 Å². The number of amides is 4. The molecule has 0 aromatic heterocycles. The van der Waals surface area contributed by atoms with Crippen molar-refractivity contribution < 1.29 is 29.1 Å². The maximum Gasteiger partial charge on any atom is 0.326 e. The number of primary amides is 1. The Kier molecular flexibility index (Phi) is 9.89. The van der Waals surface area contributed by atoms with Gasteiger partial charge in [0.1, 0.15) is 12.1 Å². The van der Waals surface area contributed by atoms with Crippen LogP contribution < -0.4 is 27.4 Å². The Labute approximate surface area is 151 Å². The zero-order chi connectivity index (χ0) is 20.4. The first-order chi connectivity index (χ1) is 12.0. The van der Waals surface area contributed by atoms with E-state index in [0.717, 1.165) is 0 Å². The molecule has 26 heavy (non-hydrogen) atoms. The minimum absolute atomic E-state index is 0.328. The van der Waals surface area contributed by atoms with Crippen molar-refractivity contribution in [2.45, 2.75) is 51.7 Å². The molecule has 0 aliphatic carbocycles. The first kappa shape index (κ1) is 23.3. The van der Waals surface area contributed by atoms with Crippen molar-refractivity contribution >= 4 is 29.6 Å². The molecule has 0 bridgehead atoms. The summed E-state index contributed by atoms with van der Waals surface area (Å²) < 4.78 is 0. The highest BCUT2D eigenvalue weighted by molar-refractivity contribution is 5.93. The van der Waals surface area contributed by atoms with Crippen LogP contribution in [0.4, 0.5) is 0 Å². The number of carboxylic acids is 1. The van der Waals surface area contributed by atoms with E-state index in [1.54, 1.807) is 13.8 Å². The van der Waals surface area contributed by atoms with Crippen LogP contribution >= 0.6 is 0 Å². The molecular weight excluding hydrogens is 346 g/mol. The van der Waals surface area contributed by atoms with E-state index in [1.807, 2.05) is 0 Å². The predicted octanol–water partition coefficient (Wildman–Crippen LogP) is -2.57. The van der Waals surface area contributed by atoms with Gasteiger partial charge in [0.2, 0.25) is 23.6 Å². The van der Waals surface area contributed by atoms with Crippen molar-refractivity contribution in [1.82, 2.24) is 16.0 Å². The standard InChI is InChI=1S/C15H27N5O6/c1-4-7(2)12(20-11(22)6-18-13(23)8(3)16)14(24)19-9(15(25)26)5-10(17)21/h7-9,12H,4-6,16H2,1-3H3,(H2,17,21)(H,18,23)(H,19,24)(H,20,22)(H,25,26). The zero-order valence-electron chi connectivity index (χ0n) is 15.1. The van der Waals surface area contributed by atoms with Gasteiger partial charge in [0.15, 0.2) is 0 Å². The Balaban J connectivity index is 4.99. The van der Waals surface area contributed by atoms with Gasteiger partial charge in [-0.05, 0) is 12.8 Å². The number of rotatable bonds is 11. The molecule has 0 radical (unpaired) electrons. The van der Waals surface area contributed by atoms with Gasteiger partial charge in [-0.1, -0.05) is 20.3 Å². The summed E-state index contributed by atoms with van der Waals surface area (Å²) in [5.41, 5.74) is 10.3. The molecule has 0 aliphatic heterocycles. The summed E-state index contributed by atoms with van der Waals surface area (Å²) in [6, 6.07) is -3.34. The average molecular weight is 373 g/mol. The van der Waals surface area contributed by atoms with Gasteiger partial charge in [0, 0.05) is 0 Å². The van der Waals surface area contributed by atoms with Crippen LogP contribution in [0.3, 0.4) is 0 Å². The smallest absolute Gasteiger partial charge is 0.326 e. The van der Waals surface area contributed by atoms with Crippen molar-refractivity contribution in [3.8, 4) is 0 Å². The minimum Gasteiger partial charge on any atom is -0.480 e. The third kappa shape index (κ3) is 8.42. The van der Waals surface area contributed by atoms with Crippen LogP contribution in [0.2, 0.25) is 0 Å². The molecule has 0 heterocycles. The van der Waals surface area contributed by atoms with Gasteiger partial charge in [0.05, 0.1) is 19.0 Å². The van der Waals surface area contributed by atoms with Crippen molar-refractivity contribution in [1.29, 1.82) is 0 Å². The Morgan fingerprint density at radius 3 is 2.04 bits per heavy atom. The Bertz CT molecular complexity index is 551. The van der Waals surface area contributed by atoms with E-state index in [1.165, 1.54) is 6.92 Å². The molecular formula is C15H27N5O6. The monoisotopic (exact) mass is 373 g/mol. The van der Waals surface area contributed by atoms with E-state index in [0.29, 0.717) is 6.42 Å². The Morgan fingerprint density at radius 2 is 1.62 bits per heavy atom. The molecule has 0 saturated heterocycles. The molecule has 148 valence electrons. The van der Waals surface area contributed by atoms with Gasteiger partial charge < -0.3 is 32.5 Å². The largest absolute Gasteiger partial charge is 0.480 e. The van der Waals surface area contributed by atoms with Gasteiger partial charge in [-0.15, -0.1) is 0 Å². The van der Waals surface area contributed by atoms with Crippen LogP contribution in [0, 0.1) is 5.92 Å². The number of hydrogen-bond acceptors (Lipinski definition) is 6. The summed E-state index contributed by atoms with van der Waals surface area (Å²) in [6.07, 6.45) is -0.0647. The number of carboxylic acid groups (broad SMARTS) is 1. The highest BCUT2D eigenvalue weighted by Crippen LogP contribution is 2.09. The molecule has 11 nitrogen and oxygen atoms in total. The Hall–Kier alpha value is -2.69. The fraction of sp³-hybridized carbons (Fsp3) is 0.667. The predicted molar refractivity (Wildman–Crippen MR) is 91.4 cm³/mol. The summed E-state index contributed by atoms with van der Waals surface area (Å²) in [6.45, 7) is 4.54. The van der Waals surface area contributed by atoms with E-state index in [4.69, 9.17) is 16.6 Å². The molecule has 0 saturated carbocycles. The number of carbonyl (C=O) groups excluding carboxylic acids is 4. The third-order valence-corrected chi connectivity index (χ3v) is 3.67. The quantitative estimate of drug-likeness (QED) is 0.229. The molecule has 8 N–H and O–H groups in total. The summed E-state index contributed by atoms with van der Waals surface area (Å²) in [5.74, 6) is -4.57. The SMILES string of the molecule is CCC(C)C(NC(=O)CNC(=O)C(C)N)C(=O)NC(CC(N)=O)C(=O)O. The number of carbonyl (C=O) groups is 5. The van der Waals surface area contributed by atoms with Crippen LogP contribution in [0.1, 0.15) is 33.6 Å². The van der Waals surface area contributed by atoms with E-state index >= 15 is 0 Å². The molecule has 0 aromatic carbocycles. The van der Waals surface area contributed by atoms with Gasteiger partial charge in [0.25, 0.3) is 0 Å². The summed E-state index contributed by atoms with van der Waals surface area (Å²) >= 11 is 0. The summed E-state index contributed by atoms with van der Waals surface area (Å²) in [5, 5.41) is 16.0. The van der Waals surface area contributed by atoms with Crippen molar-refractivity contribution in [3.63, 3.8) is 0 Å². The fourth-order valence-corrected chi connectivity index (χ4v) is 1.92. The van der Waals surface area contributed by atoms with Crippen molar-refractivity contribution in [3.05, 3.63) is 0 Å². The lowest BCUT2D eigenvalue weighted by Crippen LogP contribution is -2.56. The van der Waals surface area contributed by atoms with Crippen LogP contribution in [0.25, 0.3) is 0 Å². The Morgan fingerprint density at radius 1 is 1.04 bits per heavy atom. The lowest BCUT2D eigenvalue weighted by molar-refractivity contribution is -0.144. The average Bonchev–Trinajstić information content (AvgIpc) is 2.55. The molecule has 11 heteroatoms. The van der Waals surface area contributed by atoms with Gasteiger partial charge >= 0.3 is 5.97 Å². The third-order valence-electron chi connectivity index (χ3n) is 3.67. The van der Waals surface area contributed by atoms with Crippen LogP contribution in [-0.2, 0) is 24.0 Å². The van der Waals surface area contributed by atoms with E-state index in [-0.39, 0.29) is 12.5 Å². The second kappa shape index (κ2) is 11.0. The number of hydrogen-bond donors (Lipinski definition) is 6. The second-order valence-electron chi connectivity index (χ2n) is 6.01. The lowest BCUT2D eigenvalue weighted by Gasteiger charge is -2.25. The normalized spacial score (nSPS) is 15.1. The van der Waals surface area contributed by atoms with Crippen LogP contribution in [-0.4, -0.2) is 59.4 Å². The van der Waals surface area contributed by atoms with Gasteiger partial charge in [-0.2, -0.15) is 0 Å². The summed E-state index contributed by atoms with van der Waals surface area (Å²) in [7, 11) is 0. The first-order valence-electron chi connectivity index (χ1n) is 8.13. The fourth-order valence-electron chi connectivity index (χ4n) is 1.92. The topological polar surface area (TPSA) is 194 Å². The van der Waals surface area contributed by atoms with Gasteiger partial charge in [-0.25, -0.2) is 4.79 Å². The molecule has 0 fully saturated rings. The lowest BCUT2D eigenvalue weighted by atomic mass is 9.97. The number of aliphatic carboxylic acids is 1. The second-order valence-corrected chi connectivity index (χ2v) is 6.01. The van der Waals surface area contributed by atoms with E-state index in [2.05, 4.69) is 16.0 Å². The van der Waals surface area contributed by atoms with Crippen LogP contribution in [0.15, 0.2) is 0 Å². The first-order valence-corrected chi connectivity index (χ1v) is 8.13. The maximum absolute atomic E-state index is 12.4. The molecule has 0 aliphatic rings. The zero-order valence-corrected chi connectivity index (χ0v) is 15.1. The molecule has 0 rings (SSSR count). The van der Waals surface area contributed by atoms with Crippen molar-refractivity contribution in [2.75, 3.05) is 6.54 Å². The van der Waals surface area contributed by atoms with Crippen molar-refractivity contribution in [2.24, 2.45) is 17.4 Å². The molecule has 0 spiro atoms. The molecule has 0 aromatic rings. The highest BCUT2D eigenvalue weighted by Gasteiger charge is 2.30. The van der Waals surface area contributed by atoms with Crippen LogP contribution in [0.5, 0.6) is 0 Å². The molecule has 4 atom stereocenters. The van der Waals surface area contributed by atoms with E-state index in [9.17, 15) is 24.0 Å². The number of nitrogens with one attached hydrogen (secondary N) is 3. The maximum atomic E-state index is 12.4. The summed E-state index contributed by atoms with van der Waals surface area (Å²) in [4.78, 5) is 57.8. The number of nitrogens with two attached hydrogens (primary N) is 2. The minimum atomic E-state index is -1.50. The molecule has 4 unspecified atom stereocenters.